The number of nitrogens with zero attached hydrogens (tertiary/aromatic N) is 1. The number of aliphatic hydroxyl groups is 1. The van der Waals surface area contributed by atoms with E-state index in [0.717, 1.165) is 19.3 Å². The number of benzene rings is 1. The topological polar surface area (TPSA) is 61.8 Å². The maximum atomic E-state index is 14.1. The maximum absolute atomic E-state index is 14.1. The molecular weight excluding hydrogens is 311 g/mol. The normalized spacial score (nSPS) is 21.6. The minimum absolute atomic E-state index is 0.104. The minimum atomic E-state index is -0.393. The SMILES string of the molecule is CC(NC(=O)N1CCC(CO)C1)c1ccc(OCC2CC2)c(F)c1. The van der Waals surface area contributed by atoms with E-state index in [2.05, 4.69) is 5.32 Å². The first-order valence-corrected chi connectivity index (χ1v) is 8.65. The van der Waals surface area contributed by atoms with Crippen molar-refractivity contribution in [1.29, 1.82) is 0 Å². The quantitative estimate of drug-likeness (QED) is 0.840. The Bertz CT molecular complexity index is 592. The standard InChI is InChI=1S/C18H25FN2O3/c1-12(20-18(23)21-7-6-14(9-21)10-22)15-4-5-17(16(19)8-15)24-11-13-2-3-13/h4-5,8,12-14,22H,2-3,6-7,9-11H2,1H3,(H,20,23). The van der Waals surface area contributed by atoms with Gasteiger partial charge in [0.1, 0.15) is 0 Å². The van der Waals surface area contributed by atoms with Crippen LogP contribution in [0.1, 0.15) is 37.8 Å². The number of halogens is 1. The molecule has 1 saturated carbocycles. The molecule has 2 N–H and O–H groups in total. The third-order valence-corrected chi connectivity index (χ3v) is 4.80. The second kappa shape index (κ2) is 7.38. The molecule has 1 aliphatic carbocycles. The smallest absolute Gasteiger partial charge is 0.317 e. The number of ether oxygens (including phenoxy) is 1. The van der Waals surface area contributed by atoms with Crippen molar-refractivity contribution in [3.63, 3.8) is 0 Å². The molecule has 2 aliphatic rings. The van der Waals surface area contributed by atoms with Gasteiger partial charge in [0.25, 0.3) is 0 Å². The van der Waals surface area contributed by atoms with Gasteiger partial charge >= 0.3 is 6.03 Å². The first-order valence-electron chi connectivity index (χ1n) is 8.65. The molecule has 0 radical (unpaired) electrons. The van der Waals surface area contributed by atoms with E-state index in [9.17, 15) is 9.18 Å². The molecule has 3 rings (SSSR count). The first kappa shape index (κ1) is 17.0. The Hall–Kier alpha value is -1.82. The highest BCUT2D eigenvalue weighted by Gasteiger charge is 2.27. The van der Waals surface area contributed by atoms with Crippen molar-refractivity contribution in [2.75, 3.05) is 26.3 Å². The van der Waals surface area contributed by atoms with Crippen molar-refractivity contribution in [2.45, 2.75) is 32.2 Å². The van der Waals surface area contributed by atoms with Crippen LogP contribution < -0.4 is 10.1 Å². The van der Waals surface area contributed by atoms with Crippen LogP contribution in [-0.4, -0.2) is 42.3 Å². The van der Waals surface area contributed by atoms with E-state index in [-0.39, 0.29) is 30.3 Å². The number of rotatable bonds is 6. The van der Waals surface area contributed by atoms with Gasteiger partial charge in [-0.3, -0.25) is 0 Å². The van der Waals surface area contributed by atoms with Crippen LogP contribution in [0.25, 0.3) is 0 Å². The van der Waals surface area contributed by atoms with Crippen LogP contribution in [0.2, 0.25) is 0 Å². The highest BCUT2D eigenvalue weighted by Crippen LogP contribution is 2.30. The molecule has 1 aromatic carbocycles. The van der Waals surface area contributed by atoms with Gasteiger partial charge in [0.2, 0.25) is 0 Å². The van der Waals surface area contributed by atoms with Crippen LogP contribution in [0.5, 0.6) is 5.75 Å². The van der Waals surface area contributed by atoms with E-state index in [1.807, 2.05) is 6.92 Å². The van der Waals surface area contributed by atoms with Crippen LogP contribution >= 0.6 is 0 Å². The number of aliphatic hydroxyl groups excluding tert-OH is 1. The summed E-state index contributed by atoms with van der Waals surface area (Å²) in [4.78, 5) is 13.9. The Labute approximate surface area is 141 Å². The number of hydrogen-bond acceptors (Lipinski definition) is 3. The average Bonchev–Trinajstić information content (AvgIpc) is 3.27. The van der Waals surface area contributed by atoms with Crippen LogP contribution in [0.4, 0.5) is 9.18 Å². The predicted molar refractivity (Wildman–Crippen MR) is 88.3 cm³/mol. The molecular formula is C18H25FN2O3. The van der Waals surface area contributed by atoms with Crippen molar-refractivity contribution >= 4 is 6.03 Å². The average molecular weight is 336 g/mol. The summed E-state index contributed by atoms with van der Waals surface area (Å²) in [7, 11) is 0. The molecule has 0 spiro atoms. The summed E-state index contributed by atoms with van der Waals surface area (Å²) >= 11 is 0. The van der Waals surface area contributed by atoms with Gasteiger partial charge in [0.05, 0.1) is 12.6 Å². The number of carbonyl (C=O) groups is 1. The lowest BCUT2D eigenvalue weighted by atomic mass is 10.1. The van der Waals surface area contributed by atoms with Crippen molar-refractivity contribution in [3.05, 3.63) is 29.6 Å². The van der Waals surface area contributed by atoms with E-state index < -0.39 is 5.82 Å². The van der Waals surface area contributed by atoms with Crippen LogP contribution in [0.15, 0.2) is 18.2 Å². The monoisotopic (exact) mass is 336 g/mol. The van der Waals surface area contributed by atoms with Crippen LogP contribution in [-0.2, 0) is 0 Å². The summed E-state index contributed by atoms with van der Waals surface area (Å²) in [6, 6.07) is 4.38. The molecule has 1 aliphatic heterocycles. The zero-order valence-corrected chi connectivity index (χ0v) is 14.0. The third kappa shape index (κ3) is 4.17. The van der Waals surface area contributed by atoms with Crippen LogP contribution in [0.3, 0.4) is 0 Å². The fraction of sp³-hybridized carbons (Fsp3) is 0.611. The molecule has 1 saturated heterocycles. The Morgan fingerprint density at radius 2 is 2.21 bits per heavy atom. The zero-order valence-electron chi connectivity index (χ0n) is 14.0. The van der Waals surface area contributed by atoms with Crippen molar-refractivity contribution in [2.24, 2.45) is 11.8 Å². The first-order chi connectivity index (χ1) is 11.6. The van der Waals surface area contributed by atoms with Crippen molar-refractivity contribution in [1.82, 2.24) is 10.2 Å². The molecule has 0 bridgehead atoms. The second-order valence-corrected chi connectivity index (χ2v) is 6.90. The lowest BCUT2D eigenvalue weighted by molar-refractivity contribution is 0.195. The number of likely N-dealkylation sites (tertiary alicyclic amines) is 1. The van der Waals surface area contributed by atoms with Crippen molar-refractivity contribution < 1.29 is 19.0 Å². The Morgan fingerprint density at radius 1 is 1.42 bits per heavy atom. The number of nitrogens with one attached hydrogen (secondary N) is 1. The molecule has 24 heavy (non-hydrogen) atoms. The number of urea groups is 1. The Balaban J connectivity index is 1.55. The maximum Gasteiger partial charge on any atom is 0.317 e. The van der Waals surface area contributed by atoms with Gasteiger partial charge in [-0.05, 0) is 49.8 Å². The van der Waals surface area contributed by atoms with Gasteiger partial charge in [-0.1, -0.05) is 6.07 Å². The second-order valence-electron chi connectivity index (χ2n) is 6.90. The molecule has 2 fully saturated rings. The summed E-state index contributed by atoms with van der Waals surface area (Å²) in [6.45, 7) is 3.72. The largest absolute Gasteiger partial charge is 0.490 e. The van der Waals surface area contributed by atoms with E-state index >= 15 is 0 Å². The molecule has 5 nitrogen and oxygen atoms in total. The molecule has 2 amide bonds. The molecule has 1 aromatic rings. The fourth-order valence-electron chi connectivity index (χ4n) is 2.92. The third-order valence-electron chi connectivity index (χ3n) is 4.80. The molecule has 0 aromatic heterocycles. The van der Waals surface area contributed by atoms with Gasteiger partial charge in [-0.2, -0.15) is 0 Å². The number of carbonyl (C=O) groups excluding carboxylic acids is 1. The van der Waals surface area contributed by atoms with E-state index in [0.29, 0.717) is 31.2 Å². The van der Waals surface area contributed by atoms with E-state index in [1.165, 1.54) is 6.07 Å². The highest BCUT2D eigenvalue weighted by atomic mass is 19.1. The van der Waals surface area contributed by atoms with Gasteiger partial charge in [-0.25, -0.2) is 9.18 Å². The predicted octanol–water partition coefficient (Wildman–Crippen LogP) is 2.70. The molecule has 2 unspecified atom stereocenters. The molecule has 6 heteroatoms. The van der Waals surface area contributed by atoms with E-state index in [4.69, 9.17) is 9.84 Å². The minimum Gasteiger partial charge on any atom is -0.490 e. The van der Waals surface area contributed by atoms with Gasteiger partial charge < -0.3 is 20.1 Å². The summed E-state index contributed by atoms with van der Waals surface area (Å²) in [5.74, 6) is 0.613. The van der Waals surface area contributed by atoms with Gasteiger partial charge in [0.15, 0.2) is 11.6 Å². The lowest BCUT2D eigenvalue weighted by Crippen LogP contribution is -2.39. The molecule has 1 heterocycles. The number of hydrogen-bond donors (Lipinski definition) is 2. The lowest BCUT2D eigenvalue weighted by Gasteiger charge is -2.21. The summed E-state index contributed by atoms with van der Waals surface area (Å²) in [5, 5.41) is 12.0. The molecule has 2 atom stereocenters. The Morgan fingerprint density at radius 3 is 2.83 bits per heavy atom. The molecule has 132 valence electrons. The number of amides is 2. The Kier molecular flexibility index (Phi) is 5.23. The highest BCUT2D eigenvalue weighted by molar-refractivity contribution is 5.75. The van der Waals surface area contributed by atoms with Crippen LogP contribution in [0, 0.1) is 17.7 Å². The van der Waals surface area contributed by atoms with Gasteiger partial charge in [0, 0.05) is 25.6 Å². The van der Waals surface area contributed by atoms with Gasteiger partial charge in [-0.15, -0.1) is 0 Å². The fourth-order valence-corrected chi connectivity index (χ4v) is 2.92. The van der Waals surface area contributed by atoms with Crippen molar-refractivity contribution in [3.8, 4) is 5.75 Å². The summed E-state index contributed by atoms with van der Waals surface area (Å²) in [5.41, 5.74) is 0.706. The summed E-state index contributed by atoms with van der Waals surface area (Å²) in [6.07, 6.45) is 3.15. The van der Waals surface area contributed by atoms with E-state index in [1.54, 1.807) is 17.0 Å². The zero-order chi connectivity index (χ0) is 17.1. The summed E-state index contributed by atoms with van der Waals surface area (Å²) < 4.78 is 19.6.